The standard InChI is InChI=1S/C19H28O3/c1-11-8-12-9-13(20)10-19(21,22)17(12)14-5-7-18(2)6-3-4-15(18)16(11)14/h9,11,14-17,21-22H,3-8,10H2,1-2H3/t11-,14+,15+,16-,17+,18+/m1/s1. The predicted molar refractivity (Wildman–Crippen MR) is 83.8 cm³/mol. The minimum atomic E-state index is -1.82. The molecule has 0 radical (unpaired) electrons. The molecular weight excluding hydrogens is 276 g/mol. The third kappa shape index (κ3) is 1.98. The summed E-state index contributed by atoms with van der Waals surface area (Å²) in [6.07, 6.45) is 8.73. The van der Waals surface area contributed by atoms with Crippen LogP contribution in [0.1, 0.15) is 58.8 Å². The van der Waals surface area contributed by atoms with Crippen molar-refractivity contribution in [3.63, 3.8) is 0 Å². The predicted octanol–water partition coefficient (Wildman–Crippen LogP) is 3.06. The summed E-state index contributed by atoms with van der Waals surface area (Å²) in [6.45, 7) is 4.77. The molecule has 0 amide bonds. The quantitative estimate of drug-likeness (QED) is 0.676. The topological polar surface area (TPSA) is 57.5 Å². The molecule has 4 aliphatic rings. The summed E-state index contributed by atoms with van der Waals surface area (Å²) in [5.41, 5.74) is 1.48. The second-order valence-corrected chi connectivity index (χ2v) is 8.83. The molecule has 0 unspecified atom stereocenters. The molecule has 122 valence electrons. The molecule has 0 saturated heterocycles. The van der Waals surface area contributed by atoms with Crippen molar-refractivity contribution in [3.8, 4) is 0 Å². The first kappa shape index (κ1) is 14.9. The van der Waals surface area contributed by atoms with Gasteiger partial charge in [0.25, 0.3) is 0 Å². The maximum absolute atomic E-state index is 11.8. The third-order valence-corrected chi connectivity index (χ3v) is 7.49. The molecule has 3 saturated carbocycles. The first-order chi connectivity index (χ1) is 10.3. The van der Waals surface area contributed by atoms with Gasteiger partial charge >= 0.3 is 0 Å². The Balaban J connectivity index is 1.74. The highest BCUT2D eigenvalue weighted by molar-refractivity contribution is 5.92. The minimum absolute atomic E-state index is 0.122. The Morgan fingerprint density at radius 1 is 1.23 bits per heavy atom. The van der Waals surface area contributed by atoms with Gasteiger partial charge in [0.1, 0.15) is 0 Å². The van der Waals surface area contributed by atoms with E-state index < -0.39 is 5.79 Å². The number of aliphatic hydroxyl groups is 2. The van der Waals surface area contributed by atoms with Crippen LogP contribution in [-0.4, -0.2) is 21.8 Å². The maximum Gasteiger partial charge on any atom is 0.176 e. The van der Waals surface area contributed by atoms with E-state index in [0.717, 1.165) is 24.3 Å². The highest BCUT2D eigenvalue weighted by atomic mass is 16.5. The molecule has 3 nitrogen and oxygen atoms in total. The van der Waals surface area contributed by atoms with Gasteiger partial charge in [0.05, 0.1) is 6.42 Å². The van der Waals surface area contributed by atoms with E-state index in [1.165, 1.54) is 25.7 Å². The summed E-state index contributed by atoms with van der Waals surface area (Å²) in [5, 5.41) is 21.1. The first-order valence-corrected chi connectivity index (χ1v) is 9.00. The Morgan fingerprint density at radius 3 is 2.77 bits per heavy atom. The molecule has 0 aliphatic heterocycles. The fourth-order valence-electron chi connectivity index (χ4n) is 6.74. The number of hydrogen-bond acceptors (Lipinski definition) is 3. The van der Waals surface area contributed by atoms with Crippen molar-refractivity contribution < 1.29 is 15.0 Å². The smallest absolute Gasteiger partial charge is 0.176 e. The van der Waals surface area contributed by atoms with Crippen molar-refractivity contribution in [2.75, 3.05) is 0 Å². The average Bonchev–Trinajstić information content (AvgIpc) is 2.78. The zero-order valence-corrected chi connectivity index (χ0v) is 13.7. The lowest BCUT2D eigenvalue weighted by Gasteiger charge is -2.57. The van der Waals surface area contributed by atoms with Crippen molar-refractivity contribution in [2.24, 2.45) is 35.0 Å². The Labute approximate surface area is 132 Å². The van der Waals surface area contributed by atoms with E-state index in [4.69, 9.17) is 0 Å². The van der Waals surface area contributed by atoms with E-state index in [9.17, 15) is 15.0 Å². The largest absolute Gasteiger partial charge is 0.365 e. The zero-order valence-electron chi connectivity index (χ0n) is 13.7. The van der Waals surface area contributed by atoms with Gasteiger partial charge in [-0.1, -0.05) is 25.8 Å². The zero-order chi connectivity index (χ0) is 15.7. The second-order valence-electron chi connectivity index (χ2n) is 8.83. The van der Waals surface area contributed by atoms with E-state index in [0.29, 0.717) is 23.2 Å². The summed E-state index contributed by atoms with van der Waals surface area (Å²) in [4.78, 5) is 11.8. The van der Waals surface area contributed by atoms with Crippen molar-refractivity contribution in [2.45, 2.75) is 64.6 Å². The Bertz CT molecular complexity index is 535. The van der Waals surface area contributed by atoms with Crippen molar-refractivity contribution in [1.29, 1.82) is 0 Å². The normalized spacial score (nSPS) is 49.9. The monoisotopic (exact) mass is 304 g/mol. The number of ketones is 1. The van der Waals surface area contributed by atoms with Crippen molar-refractivity contribution in [1.82, 2.24) is 0 Å². The molecule has 0 bridgehead atoms. The summed E-state index contributed by atoms with van der Waals surface area (Å²) in [5.74, 6) is 0.0639. The van der Waals surface area contributed by atoms with E-state index in [1.54, 1.807) is 6.08 Å². The van der Waals surface area contributed by atoms with Gasteiger partial charge in [-0.15, -0.1) is 0 Å². The SMILES string of the molecule is C[C@@H]1CC2=CC(=O)CC(O)(O)[C@@H]2[C@H]2CC[C@]3(C)CCC[C@H]3[C@@H]21. The number of fused-ring (bicyclic) bond motifs is 5. The first-order valence-electron chi connectivity index (χ1n) is 9.00. The van der Waals surface area contributed by atoms with Crippen LogP contribution in [0.3, 0.4) is 0 Å². The lowest BCUT2D eigenvalue weighted by molar-refractivity contribution is -0.226. The summed E-state index contributed by atoms with van der Waals surface area (Å²) in [7, 11) is 0. The average molecular weight is 304 g/mol. The van der Waals surface area contributed by atoms with Crippen LogP contribution in [-0.2, 0) is 4.79 Å². The highest BCUT2D eigenvalue weighted by Gasteiger charge is 2.58. The molecule has 0 spiro atoms. The Kier molecular flexibility index (Phi) is 3.16. The second kappa shape index (κ2) is 4.67. The minimum Gasteiger partial charge on any atom is -0.365 e. The van der Waals surface area contributed by atoms with Crippen molar-refractivity contribution in [3.05, 3.63) is 11.6 Å². The third-order valence-electron chi connectivity index (χ3n) is 7.49. The molecule has 22 heavy (non-hydrogen) atoms. The molecule has 3 heteroatoms. The number of carbonyl (C=O) groups excluding carboxylic acids is 1. The van der Waals surface area contributed by atoms with Gasteiger partial charge in [-0.05, 0) is 67.3 Å². The molecule has 0 heterocycles. The van der Waals surface area contributed by atoms with Crippen LogP contribution in [0.25, 0.3) is 0 Å². The molecule has 2 N–H and O–H groups in total. The lowest BCUT2D eigenvalue weighted by atomic mass is 9.49. The molecule has 4 aliphatic carbocycles. The number of hydrogen-bond donors (Lipinski definition) is 2. The molecule has 0 aromatic heterocycles. The van der Waals surface area contributed by atoms with Crippen LogP contribution >= 0.6 is 0 Å². The van der Waals surface area contributed by atoms with Crippen LogP contribution in [0.5, 0.6) is 0 Å². The maximum atomic E-state index is 11.8. The molecule has 0 aromatic rings. The summed E-state index contributed by atoms with van der Waals surface area (Å²) in [6, 6.07) is 0. The van der Waals surface area contributed by atoms with E-state index in [-0.39, 0.29) is 18.1 Å². The molecular formula is C19H28O3. The molecule has 3 fully saturated rings. The number of carbonyl (C=O) groups is 1. The van der Waals surface area contributed by atoms with Gasteiger partial charge in [0.2, 0.25) is 0 Å². The molecule has 0 aromatic carbocycles. The van der Waals surface area contributed by atoms with E-state index in [1.807, 2.05) is 0 Å². The summed E-state index contributed by atoms with van der Waals surface area (Å²) < 4.78 is 0. The van der Waals surface area contributed by atoms with Crippen LogP contribution in [0.4, 0.5) is 0 Å². The molecule has 6 atom stereocenters. The van der Waals surface area contributed by atoms with Crippen LogP contribution in [0, 0.1) is 35.0 Å². The molecule has 4 rings (SSSR count). The fourth-order valence-corrected chi connectivity index (χ4v) is 6.74. The van der Waals surface area contributed by atoms with Gasteiger partial charge in [-0.25, -0.2) is 0 Å². The highest BCUT2D eigenvalue weighted by Crippen LogP contribution is 2.63. The lowest BCUT2D eigenvalue weighted by Crippen LogP contribution is -2.56. The van der Waals surface area contributed by atoms with Crippen LogP contribution < -0.4 is 0 Å². The Hall–Kier alpha value is -0.670. The van der Waals surface area contributed by atoms with Gasteiger partial charge in [0.15, 0.2) is 11.6 Å². The van der Waals surface area contributed by atoms with E-state index >= 15 is 0 Å². The van der Waals surface area contributed by atoms with Gasteiger partial charge in [-0.2, -0.15) is 0 Å². The summed E-state index contributed by atoms with van der Waals surface area (Å²) >= 11 is 0. The fraction of sp³-hybridized carbons (Fsp3) is 0.842. The van der Waals surface area contributed by atoms with Crippen LogP contribution in [0.2, 0.25) is 0 Å². The number of rotatable bonds is 0. The van der Waals surface area contributed by atoms with Gasteiger partial charge < -0.3 is 10.2 Å². The van der Waals surface area contributed by atoms with Gasteiger partial charge in [0, 0.05) is 5.92 Å². The van der Waals surface area contributed by atoms with Gasteiger partial charge in [-0.3, -0.25) is 4.79 Å². The Morgan fingerprint density at radius 2 is 2.00 bits per heavy atom. The van der Waals surface area contributed by atoms with Crippen LogP contribution in [0.15, 0.2) is 11.6 Å². The van der Waals surface area contributed by atoms with Crippen molar-refractivity contribution >= 4 is 5.78 Å². The van der Waals surface area contributed by atoms with E-state index in [2.05, 4.69) is 13.8 Å².